The molecule has 0 unspecified atom stereocenters. The van der Waals surface area contributed by atoms with Crippen LogP contribution >= 0.6 is 0 Å². The molecular weight excluding hydrogens is 234 g/mol. The number of benzene rings is 1. The van der Waals surface area contributed by atoms with Crippen molar-refractivity contribution < 1.29 is 4.74 Å². The second-order valence-corrected chi connectivity index (χ2v) is 6.31. The van der Waals surface area contributed by atoms with Crippen molar-refractivity contribution >= 4 is 0 Å². The first-order valence-corrected chi connectivity index (χ1v) is 7.61. The summed E-state index contributed by atoms with van der Waals surface area (Å²) in [7, 11) is 1.81. The minimum atomic E-state index is 0.349. The van der Waals surface area contributed by atoms with Gasteiger partial charge in [-0.1, -0.05) is 24.3 Å². The minimum Gasteiger partial charge on any atom is -0.384 e. The highest BCUT2D eigenvalue weighted by atomic mass is 16.5. The lowest BCUT2D eigenvalue weighted by Crippen LogP contribution is -2.28. The molecule has 1 saturated carbocycles. The van der Waals surface area contributed by atoms with Gasteiger partial charge >= 0.3 is 0 Å². The first kappa shape index (κ1) is 13.1. The zero-order valence-corrected chi connectivity index (χ0v) is 12.0. The van der Waals surface area contributed by atoms with Gasteiger partial charge in [0, 0.05) is 12.5 Å². The van der Waals surface area contributed by atoms with Crippen molar-refractivity contribution in [3.63, 3.8) is 0 Å². The van der Waals surface area contributed by atoms with Gasteiger partial charge < -0.3 is 10.1 Å². The Balaban J connectivity index is 1.62. The van der Waals surface area contributed by atoms with Crippen molar-refractivity contribution in [2.24, 2.45) is 5.92 Å². The third kappa shape index (κ3) is 3.01. The summed E-state index contributed by atoms with van der Waals surface area (Å²) in [5.41, 5.74) is 3.33. The standard InChI is InChI=1S/C17H25NO/c1-19-13-17(8-9-17)16-4-2-14(3-5-16)12-15-6-10-18-11-7-15/h2-5,15,18H,6-13H2,1H3. The van der Waals surface area contributed by atoms with Gasteiger partial charge in [-0.15, -0.1) is 0 Å². The molecule has 0 amide bonds. The molecule has 1 aliphatic carbocycles. The van der Waals surface area contributed by atoms with Gasteiger partial charge in [0.2, 0.25) is 0 Å². The van der Waals surface area contributed by atoms with E-state index >= 15 is 0 Å². The number of rotatable bonds is 5. The number of methoxy groups -OCH3 is 1. The molecular formula is C17H25NO. The Hall–Kier alpha value is -0.860. The van der Waals surface area contributed by atoms with Gasteiger partial charge in [0.15, 0.2) is 0 Å². The minimum absolute atomic E-state index is 0.349. The third-order valence-electron chi connectivity index (χ3n) is 4.82. The zero-order valence-electron chi connectivity index (χ0n) is 12.0. The lowest BCUT2D eigenvalue weighted by molar-refractivity contribution is 0.171. The summed E-state index contributed by atoms with van der Waals surface area (Å²) < 4.78 is 5.37. The van der Waals surface area contributed by atoms with Gasteiger partial charge in [-0.3, -0.25) is 0 Å². The summed E-state index contributed by atoms with van der Waals surface area (Å²) >= 11 is 0. The molecule has 1 heterocycles. The van der Waals surface area contributed by atoms with Crippen LogP contribution in [-0.2, 0) is 16.6 Å². The van der Waals surface area contributed by atoms with Gasteiger partial charge in [-0.25, -0.2) is 0 Å². The van der Waals surface area contributed by atoms with Gasteiger partial charge in [0.1, 0.15) is 0 Å². The molecule has 1 aromatic rings. The average Bonchev–Trinajstić information content (AvgIpc) is 3.22. The van der Waals surface area contributed by atoms with Crippen LogP contribution in [0.3, 0.4) is 0 Å². The molecule has 2 fully saturated rings. The van der Waals surface area contributed by atoms with Crippen LogP contribution in [0.15, 0.2) is 24.3 Å². The Morgan fingerprint density at radius 1 is 1.16 bits per heavy atom. The van der Waals surface area contributed by atoms with E-state index in [0.29, 0.717) is 5.41 Å². The summed E-state index contributed by atoms with van der Waals surface area (Å²) in [5, 5.41) is 3.44. The van der Waals surface area contributed by atoms with Crippen molar-refractivity contribution in [3.05, 3.63) is 35.4 Å². The number of nitrogens with one attached hydrogen (secondary N) is 1. The van der Waals surface area contributed by atoms with Gasteiger partial charge in [0.05, 0.1) is 6.61 Å². The lowest BCUT2D eigenvalue weighted by atomic mass is 9.89. The largest absolute Gasteiger partial charge is 0.384 e. The molecule has 1 saturated heterocycles. The fourth-order valence-electron chi connectivity index (χ4n) is 3.36. The molecule has 0 aromatic heterocycles. The number of piperidine rings is 1. The highest BCUT2D eigenvalue weighted by molar-refractivity contribution is 5.34. The molecule has 2 heteroatoms. The average molecular weight is 259 g/mol. The van der Waals surface area contributed by atoms with Gasteiger partial charge in [-0.05, 0) is 62.2 Å². The Bertz CT molecular complexity index is 402. The van der Waals surface area contributed by atoms with Crippen LogP contribution in [0.25, 0.3) is 0 Å². The summed E-state index contributed by atoms with van der Waals surface area (Å²) in [6.07, 6.45) is 6.48. The van der Waals surface area contributed by atoms with Crippen molar-refractivity contribution in [2.45, 2.75) is 37.5 Å². The zero-order chi connectivity index (χ0) is 13.1. The van der Waals surface area contributed by atoms with E-state index in [-0.39, 0.29) is 0 Å². The first-order chi connectivity index (χ1) is 9.32. The predicted molar refractivity (Wildman–Crippen MR) is 78.5 cm³/mol. The topological polar surface area (TPSA) is 21.3 Å². The van der Waals surface area contributed by atoms with Crippen LogP contribution in [0.4, 0.5) is 0 Å². The van der Waals surface area contributed by atoms with Crippen molar-refractivity contribution in [1.82, 2.24) is 5.32 Å². The van der Waals surface area contributed by atoms with E-state index in [1.165, 1.54) is 56.3 Å². The second-order valence-electron chi connectivity index (χ2n) is 6.31. The van der Waals surface area contributed by atoms with E-state index < -0.39 is 0 Å². The molecule has 0 spiro atoms. The van der Waals surface area contributed by atoms with Crippen LogP contribution in [0.2, 0.25) is 0 Å². The maximum absolute atomic E-state index is 5.37. The fourth-order valence-corrected chi connectivity index (χ4v) is 3.36. The van der Waals surface area contributed by atoms with Gasteiger partial charge in [0.25, 0.3) is 0 Å². The molecule has 2 nitrogen and oxygen atoms in total. The normalized spacial score (nSPS) is 22.4. The monoisotopic (exact) mass is 259 g/mol. The summed E-state index contributed by atoms with van der Waals surface area (Å²) in [6, 6.07) is 9.35. The first-order valence-electron chi connectivity index (χ1n) is 7.61. The van der Waals surface area contributed by atoms with E-state index in [4.69, 9.17) is 4.74 Å². The summed E-state index contributed by atoms with van der Waals surface area (Å²) in [5.74, 6) is 0.876. The SMILES string of the molecule is COCC1(c2ccc(CC3CCNCC3)cc2)CC1. The number of hydrogen-bond donors (Lipinski definition) is 1. The predicted octanol–water partition coefficient (Wildman–Crippen LogP) is 2.91. The second kappa shape index (κ2) is 5.64. The maximum Gasteiger partial charge on any atom is 0.0559 e. The van der Waals surface area contributed by atoms with Crippen LogP contribution in [0.1, 0.15) is 36.8 Å². The molecule has 0 bridgehead atoms. The van der Waals surface area contributed by atoms with Crippen molar-refractivity contribution in [1.29, 1.82) is 0 Å². The van der Waals surface area contributed by atoms with Gasteiger partial charge in [-0.2, -0.15) is 0 Å². The Labute approximate surface area is 116 Å². The van der Waals surface area contributed by atoms with Crippen LogP contribution < -0.4 is 5.32 Å². The molecule has 2 aliphatic rings. The van der Waals surface area contributed by atoms with E-state index in [2.05, 4.69) is 29.6 Å². The molecule has 1 aromatic carbocycles. The molecule has 104 valence electrons. The van der Waals surface area contributed by atoms with E-state index in [1.54, 1.807) is 0 Å². The lowest BCUT2D eigenvalue weighted by Gasteiger charge is -2.23. The van der Waals surface area contributed by atoms with E-state index in [1.807, 2.05) is 7.11 Å². The number of ether oxygens (including phenoxy) is 1. The van der Waals surface area contributed by atoms with Crippen LogP contribution in [0, 0.1) is 5.92 Å². The fraction of sp³-hybridized carbons (Fsp3) is 0.647. The maximum atomic E-state index is 5.37. The molecule has 19 heavy (non-hydrogen) atoms. The van der Waals surface area contributed by atoms with Crippen LogP contribution in [0.5, 0.6) is 0 Å². The highest BCUT2D eigenvalue weighted by Crippen LogP contribution is 2.48. The summed E-state index contributed by atoms with van der Waals surface area (Å²) in [6.45, 7) is 3.26. The molecule has 0 radical (unpaired) electrons. The highest BCUT2D eigenvalue weighted by Gasteiger charge is 2.44. The van der Waals surface area contributed by atoms with E-state index in [9.17, 15) is 0 Å². The van der Waals surface area contributed by atoms with Crippen molar-refractivity contribution in [3.8, 4) is 0 Å². The molecule has 1 N–H and O–H groups in total. The molecule has 3 rings (SSSR count). The Morgan fingerprint density at radius 2 is 1.84 bits per heavy atom. The Morgan fingerprint density at radius 3 is 2.42 bits per heavy atom. The van der Waals surface area contributed by atoms with Crippen LogP contribution in [-0.4, -0.2) is 26.8 Å². The quantitative estimate of drug-likeness (QED) is 0.878. The Kier molecular flexibility index (Phi) is 3.90. The molecule has 1 aliphatic heterocycles. The van der Waals surface area contributed by atoms with Crippen molar-refractivity contribution in [2.75, 3.05) is 26.8 Å². The number of hydrogen-bond acceptors (Lipinski definition) is 2. The summed E-state index contributed by atoms with van der Waals surface area (Å²) in [4.78, 5) is 0. The van der Waals surface area contributed by atoms with E-state index in [0.717, 1.165) is 12.5 Å². The smallest absolute Gasteiger partial charge is 0.0559 e. The third-order valence-corrected chi connectivity index (χ3v) is 4.82. The molecule has 0 atom stereocenters.